The van der Waals surface area contributed by atoms with Crippen LogP contribution >= 0.6 is 7.60 Å². The van der Waals surface area contributed by atoms with Gasteiger partial charge in [0.2, 0.25) is 0 Å². The third-order valence-electron chi connectivity index (χ3n) is 3.98. The summed E-state index contributed by atoms with van der Waals surface area (Å²) in [4.78, 5) is 11.6. The zero-order valence-corrected chi connectivity index (χ0v) is 13.0. The van der Waals surface area contributed by atoms with E-state index in [1.165, 1.54) is 20.3 Å². The molecule has 0 radical (unpaired) electrons. The molecule has 1 unspecified atom stereocenters. The van der Waals surface area contributed by atoms with Gasteiger partial charge in [-0.2, -0.15) is 0 Å². The Labute approximate surface area is 128 Å². The first kappa shape index (κ1) is 15.0. The van der Waals surface area contributed by atoms with Crippen LogP contribution in [0.2, 0.25) is 0 Å². The fourth-order valence-corrected chi connectivity index (χ4v) is 4.76. The van der Waals surface area contributed by atoms with Gasteiger partial charge in [0.25, 0.3) is 0 Å². The number of rotatable bonds is 4. The maximum atomic E-state index is 13.0. The molecule has 22 heavy (non-hydrogen) atoms. The maximum Gasteiger partial charge on any atom is 0.341 e. The Bertz CT molecular complexity index is 791. The summed E-state index contributed by atoms with van der Waals surface area (Å²) in [7, 11) is -0.896. The molecule has 2 aromatic rings. The Hall–Kier alpha value is -1.94. The molecule has 0 heterocycles. The van der Waals surface area contributed by atoms with E-state index in [2.05, 4.69) is 0 Å². The van der Waals surface area contributed by atoms with Crippen molar-refractivity contribution in [1.82, 2.24) is 0 Å². The molecular weight excluding hydrogens is 303 g/mol. The van der Waals surface area contributed by atoms with Gasteiger partial charge >= 0.3 is 13.6 Å². The van der Waals surface area contributed by atoms with Gasteiger partial charge in [0.1, 0.15) is 5.66 Å². The van der Waals surface area contributed by atoms with Gasteiger partial charge in [0, 0.05) is 14.2 Å². The molecule has 0 amide bonds. The van der Waals surface area contributed by atoms with Crippen LogP contribution in [0.4, 0.5) is 0 Å². The minimum absolute atomic E-state index is 0.119. The molecular formula is C16H15O5P. The van der Waals surface area contributed by atoms with Gasteiger partial charge in [-0.15, -0.1) is 0 Å². The van der Waals surface area contributed by atoms with Gasteiger partial charge in [0.05, 0.1) is 5.56 Å². The third-order valence-corrected chi connectivity index (χ3v) is 6.17. The van der Waals surface area contributed by atoms with Crippen LogP contribution in [0.3, 0.4) is 0 Å². The van der Waals surface area contributed by atoms with Crippen LogP contribution < -0.4 is 0 Å². The Morgan fingerprint density at radius 2 is 1.68 bits per heavy atom. The number of hydrogen-bond donors (Lipinski definition) is 1. The van der Waals surface area contributed by atoms with Crippen molar-refractivity contribution in [3.05, 3.63) is 59.2 Å². The standard InChI is InChI=1S/C16H15O5P/c1-20-22(19,21-2)15-12-7-4-3-6-10(12)11-8-5-9-13(14(11)15)16(17)18/h3-9,15H,1-2H3,(H,17,18). The van der Waals surface area contributed by atoms with Crippen LogP contribution in [0.5, 0.6) is 0 Å². The summed E-state index contributed by atoms with van der Waals surface area (Å²) in [5.41, 5.74) is 2.25. The largest absolute Gasteiger partial charge is 0.478 e. The molecule has 1 aliphatic carbocycles. The molecule has 1 aliphatic rings. The predicted molar refractivity (Wildman–Crippen MR) is 82.3 cm³/mol. The molecule has 0 aliphatic heterocycles. The molecule has 0 spiro atoms. The van der Waals surface area contributed by atoms with Crippen LogP contribution in [0.15, 0.2) is 42.5 Å². The zero-order chi connectivity index (χ0) is 15.9. The summed E-state index contributed by atoms with van der Waals surface area (Å²) in [5.74, 6) is -1.06. The van der Waals surface area contributed by atoms with Gasteiger partial charge in [-0.25, -0.2) is 4.79 Å². The molecule has 0 aromatic heterocycles. The highest BCUT2D eigenvalue weighted by atomic mass is 31.2. The average molecular weight is 318 g/mol. The van der Waals surface area contributed by atoms with E-state index in [0.29, 0.717) is 5.56 Å². The predicted octanol–water partition coefficient (Wildman–Crippen LogP) is 3.94. The summed E-state index contributed by atoms with van der Waals surface area (Å²) >= 11 is 0. The lowest BCUT2D eigenvalue weighted by Crippen LogP contribution is -2.08. The minimum Gasteiger partial charge on any atom is -0.478 e. The van der Waals surface area contributed by atoms with Crippen molar-refractivity contribution in [2.45, 2.75) is 5.66 Å². The fraction of sp³-hybridized carbons (Fsp3) is 0.188. The quantitative estimate of drug-likeness (QED) is 0.864. The highest BCUT2D eigenvalue weighted by molar-refractivity contribution is 7.54. The lowest BCUT2D eigenvalue weighted by atomic mass is 10.0. The number of carboxylic acids is 1. The van der Waals surface area contributed by atoms with Crippen molar-refractivity contribution >= 4 is 13.6 Å². The van der Waals surface area contributed by atoms with Crippen molar-refractivity contribution in [2.75, 3.05) is 14.2 Å². The van der Waals surface area contributed by atoms with Crippen LogP contribution in [0.25, 0.3) is 11.1 Å². The Morgan fingerprint density at radius 1 is 1.05 bits per heavy atom. The number of fused-ring (bicyclic) bond motifs is 3. The van der Waals surface area contributed by atoms with Crippen molar-refractivity contribution in [2.24, 2.45) is 0 Å². The highest BCUT2D eigenvalue weighted by Crippen LogP contribution is 2.68. The topological polar surface area (TPSA) is 72.8 Å². The maximum absolute atomic E-state index is 13.0. The summed E-state index contributed by atoms with van der Waals surface area (Å²) in [6.45, 7) is 0. The molecule has 5 nitrogen and oxygen atoms in total. The lowest BCUT2D eigenvalue weighted by molar-refractivity contribution is 0.0696. The minimum atomic E-state index is -3.52. The second kappa shape index (κ2) is 5.36. The van der Waals surface area contributed by atoms with E-state index in [4.69, 9.17) is 9.05 Å². The van der Waals surface area contributed by atoms with Crippen molar-refractivity contribution in [1.29, 1.82) is 0 Å². The van der Waals surface area contributed by atoms with Gasteiger partial charge in [-0.05, 0) is 28.3 Å². The molecule has 0 fully saturated rings. The molecule has 114 valence electrons. The molecule has 1 atom stereocenters. The molecule has 0 saturated carbocycles. The summed E-state index contributed by atoms with van der Waals surface area (Å²) in [5, 5.41) is 9.49. The first-order chi connectivity index (χ1) is 10.5. The van der Waals surface area contributed by atoms with Gasteiger partial charge < -0.3 is 14.2 Å². The number of hydrogen-bond acceptors (Lipinski definition) is 4. The van der Waals surface area contributed by atoms with Gasteiger partial charge in [-0.3, -0.25) is 4.57 Å². The number of aromatic carboxylic acids is 1. The fourth-order valence-electron chi connectivity index (χ4n) is 3.03. The third kappa shape index (κ3) is 2.02. The number of benzene rings is 2. The van der Waals surface area contributed by atoms with Gasteiger partial charge in [-0.1, -0.05) is 36.4 Å². The van der Waals surface area contributed by atoms with E-state index in [1.54, 1.807) is 6.07 Å². The first-order valence-electron chi connectivity index (χ1n) is 6.70. The molecule has 0 bridgehead atoms. The molecule has 3 rings (SSSR count). The molecule has 2 aromatic carbocycles. The Morgan fingerprint density at radius 3 is 2.32 bits per heavy atom. The Balaban J connectivity index is 2.38. The monoisotopic (exact) mass is 318 g/mol. The van der Waals surface area contributed by atoms with Gasteiger partial charge in [0.15, 0.2) is 0 Å². The average Bonchev–Trinajstić information content (AvgIpc) is 2.89. The van der Waals surface area contributed by atoms with E-state index in [0.717, 1.165) is 16.7 Å². The smallest absolute Gasteiger partial charge is 0.341 e. The van der Waals surface area contributed by atoms with E-state index in [9.17, 15) is 14.5 Å². The SMILES string of the molecule is COP(=O)(OC)C1c2ccccc2-c2cccc(C(=O)O)c21. The van der Waals surface area contributed by atoms with E-state index < -0.39 is 19.2 Å². The van der Waals surface area contributed by atoms with Crippen LogP contribution in [0, 0.1) is 0 Å². The number of carbonyl (C=O) groups is 1. The van der Waals surface area contributed by atoms with Crippen molar-refractivity contribution < 1.29 is 23.5 Å². The zero-order valence-electron chi connectivity index (χ0n) is 12.1. The second-order valence-corrected chi connectivity index (χ2v) is 7.29. The van der Waals surface area contributed by atoms with E-state index >= 15 is 0 Å². The summed E-state index contributed by atoms with van der Waals surface area (Å²) in [6, 6.07) is 12.4. The van der Waals surface area contributed by atoms with Crippen LogP contribution in [0.1, 0.15) is 27.1 Å². The van der Waals surface area contributed by atoms with Crippen LogP contribution in [-0.2, 0) is 13.6 Å². The van der Waals surface area contributed by atoms with Crippen LogP contribution in [-0.4, -0.2) is 25.3 Å². The summed E-state index contributed by atoms with van der Waals surface area (Å²) in [6.07, 6.45) is 0. The van der Waals surface area contributed by atoms with Crippen molar-refractivity contribution in [3.63, 3.8) is 0 Å². The second-order valence-electron chi connectivity index (χ2n) is 4.97. The summed E-state index contributed by atoms with van der Waals surface area (Å²) < 4.78 is 23.3. The lowest BCUT2D eigenvalue weighted by Gasteiger charge is -2.23. The Kier molecular flexibility index (Phi) is 3.65. The molecule has 0 saturated heterocycles. The van der Waals surface area contributed by atoms with Crippen molar-refractivity contribution in [3.8, 4) is 11.1 Å². The van der Waals surface area contributed by atoms with E-state index in [1.807, 2.05) is 30.3 Å². The number of carboxylic acid groups (broad SMARTS) is 1. The highest BCUT2D eigenvalue weighted by Gasteiger charge is 2.45. The normalized spacial score (nSPS) is 16.2. The molecule has 1 N–H and O–H groups in total. The first-order valence-corrected chi connectivity index (χ1v) is 8.31. The molecule has 6 heteroatoms. The van der Waals surface area contributed by atoms with E-state index in [-0.39, 0.29) is 5.56 Å².